The molecule has 0 heterocycles. The van der Waals surface area contributed by atoms with E-state index in [0.717, 1.165) is 12.8 Å². The molecule has 2 heteroatoms. The Morgan fingerprint density at radius 3 is 2.78 bits per heavy atom. The van der Waals surface area contributed by atoms with Gasteiger partial charge in [-0.15, -0.1) is 4.91 Å². The number of nitroso groups, excluding NO2 is 1. The first kappa shape index (κ1) is 8.08. The van der Waals surface area contributed by atoms with Crippen LogP contribution in [0.3, 0.4) is 0 Å². The summed E-state index contributed by atoms with van der Waals surface area (Å²) < 4.78 is 0. The third-order valence-electron chi connectivity index (χ3n) is 0.934. The predicted octanol–water partition coefficient (Wildman–Crippen LogP) is 2.62. The summed E-state index contributed by atoms with van der Waals surface area (Å²) in [7, 11) is 0. The quantitative estimate of drug-likeness (QED) is 0.419. The van der Waals surface area contributed by atoms with Gasteiger partial charge in [-0.25, -0.2) is 0 Å². The van der Waals surface area contributed by atoms with Crippen molar-refractivity contribution in [3.8, 4) is 0 Å². The van der Waals surface area contributed by atoms with Crippen LogP contribution in [-0.2, 0) is 0 Å². The molecule has 0 saturated carbocycles. The summed E-state index contributed by atoms with van der Waals surface area (Å²) in [5.74, 6) is 0. The van der Waals surface area contributed by atoms with Crippen molar-refractivity contribution < 1.29 is 0 Å². The van der Waals surface area contributed by atoms with E-state index >= 15 is 0 Å². The average Bonchev–Trinajstić information content (AvgIpc) is 1.88. The molecule has 0 aromatic carbocycles. The van der Waals surface area contributed by atoms with E-state index in [0.29, 0.717) is 5.70 Å². The van der Waals surface area contributed by atoms with Crippen LogP contribution in [0.25, 0.3) is 0 Å². The highest BCUT2D eigenvalue weighted by atomic mass is 16.3. The molecule has 0 amide bonds. The maximum Gasteiger partial charge on any atom is 0.0848 e. The largest absolute Gasteiger partial charge is 0.145 e. The summed E-state index contributed by atoms with van der Waals surface area (Å²) in [6.07, 6.45) is 4.91. The van der Waals surface area contributed by atoms with Gasteiger partial charge in [0.15, 0.2) is 0 Å². The molecule has 0 fully saturated rings. The van der Waals surface area contributed by atoms with Gasteiger partial charge < -0.3 is 0 Å². The fourth-order valence-electron chi connectivity index (χ4n) is 0.552. The average molecular weight is 125 g/mol. The van der Waals surface area contributed by atoms with Crippen LogP contribution in [-0.4, -0.2) is 0 Å². The van der Waals surface area contributed by atoms with Gasteiger partial charge in [0.1, 0.15) is 0 Å². The lowest BCUT2D eigenvalue weighted by Gasteiger charge is -1.88. The maximum atomic E-state index is 9.92. The lowest BCUT2D eigenvalue weighted by atomic mass is 10.2. The van der Waals surface area contributed by atoms with Gasteiger partial charge in [0.25, 0.3) is 0 Å². The fraction of sp³-hybridized carbons (Fsp3) is 0.429. The Morgan fingerprint density at radius 1 is 1.78 bits per heavy atom. The second-order valence-corrected chi connectivity index (χ2v) is 1.73. The van der Waals surface area contributed by atoms with E-state index in [-0.39, 0.29) is 0 Å². The Hall–Kier alpha value is -0.920. The Balaban J connectivity index is 3.80. The smallest absolute Gasteiger partial charge is 0.0848 e. The zero-order valence-electron chi connectivity index (χ0n) is 5.63. The Bertz CT molecular complexity index is 127. The van der Waals surface area contributed by atoms with Gasteiger partial charge in [-0.05, 0) is 17.7 Å². The van der Waals surface area contributed by atoms with Gasteiger partial charge in [0, 0.05) is 0 Å². The first-order chi connectivity index (χ1) is 4.35. The highest BCUT2D eigenvalue weighted by Gasteiger charge is 1.89. The summed E-state index contributed by atoms with van der Waals surface area (Å²) in [5, 5.41) is 2.81. The van der Waals surface area contributed by atoms with E-state index in [9.17, 15) is 4.91 Å². The molecule has 0 aliphatic rings. The monoisotopic (exact) mass is 125 g/mol. The predicted molar refractivity (Wildman–Crippen MR) is 39.0 cm³/mol. The van der Waals surface area contributed by atoms with Crippen LogP contribution in [0.1, 0.15) is 19.8 Å². The molecule has 0 spiro atoms. The number of hydrogen-bond donors (Lipinski definition) is 0. The summed E-state index contributed by atoms with van der Waals surface area (Å²) in [6.45, 7) is 5.46. The molecule has 0 atom stereocenters. The van der Waals surface area contributed by atoms with E-state index in [4.69, 9.17) is 0 Å². The van der Waals surface area contributed by atoms with Crippen molar-refractivity contribution in [3.05, 3.63) is 29.3 Å². The van der Waals surface area contributed by atoms with Gasteiger partial charge in [0.05, 0.1) is 5.70 Å². The first-order valence-electron chi connectivity index (χ1n) is 3.00. The van der Waals surface area contributed by atoms with Crippen molar-refractivity contribution in [3.63, 3.8) is 0 Å². The van der Waals surface area contributed by atoms with Crippen LogP contribution < -0.4 is 0 Å². The topological polar surface area (TPSA) is 29.4 Å². The van der Waals surface area contributed by atoms with Crippen LogP contribution in [0.4, 0.5) is 0 Å². The number of hydrogen-bond acceptors (Lipinski definition) is 2. The van der Waals surface area contributed by atoms with Crippen molar-refractivity contribution in [2.75, 3.05) is 0 Å². The Morgan fingerprint density at radius 2 is 2.44 bits per heavy atom. The van der Waals surface area contributed by atoms with E-state index in [1.54, 1.807) is 12.2 Å². The van der Waals surface area contributed by atoms with Crippen LogP contribution in [0, 0.1) is 4.91 Å². The molecule has 0 aromatic rings. The summed E-state index contributed by atoms with van der Waals surface area (Å²) >= 11 is 0. The van der Waals surface area contributed by atoms with E-state index in [2.05, 4.69) is 11.8 Å². The lowest BCUT2D eigenvalue weighted by Crippen LogP contribution is -1.73. The number of nitrogens with zero attached hydrogens (tertiary/aromatic N) is 1. The summed E-state index contributed by atoms with van der Waals surface area (Å²) in [4.78, 5) is 9.92. The van der Waals surface area contributed by atoms with Crippen molar-refractivity contribution in [1.29, 1.82) is 0 Å². The molecule has 0 saturated heterocycles. The van der Waals surface area contributed by atoms with Crippen molar-refractivity contribution in [2.45, 2.75) is 19.8 Å². The van der Waals surface area contributed by atoms with E-state index in [1.165, 1.54) is 0 Å². The van der Waals surface area contributed by atoms with Crippen molar-refractivity contribution in [2.24, 2.45) is 5.18 Å². The molecular weight excluding hydrogens is 114 g/mol. The van der Waals surface area contributed by atoms with Crippen LogP contribution >= 0.6 is 0 Å². The zero-order valence-corrected chi connectivity index (χ0v) is 5.63. The maximum absolute atomic E-state index is 9.92. The minimum absolute atomic E-state index is 0.576. The molecule has 0 aromatic heterocycles. The molecule has 0 N–H and O–H groups in total. The molecule has 0 aliphatic heterocycles. The minimum Gasteiger partial charge on any atom is -0.145 e. The van der Waals surface area contributed by atoms with Crippen LogP contribution in [0.2, 0.25) is 0 Å². The van der Waals surface area contributed by atoms with Gasteiger partial charge in [-0.1, -0.05) is 26.0 Å². The standard InChI is InChI=1S/C7H11NO/c1-3-5-7(8-9)6-4-2/h3,5H,1,4,6H2,2H3/b7-5+. The molecule has 0 radical (unpaired) electrons. The van der Waals surface area contributed by atoms with Gasteiger partial charge in [-0.2, -0.15) is 0 Å². The molecule has 50 valence electrons. The summed E-state index contributed by atoms with van der Waals surface area (Å²) in [5.41, 5.74) is 0.576. The second-order valence-electron chi connectivity index (χ2n) is 1.73. The zero-order chi connectivity index (χ0) is 7.11. The minimum atomic E-state index is 0.576. The van der Waals surface area contributed by atoms with Crippen molar-refractivity contribution in [1.82, 2.24) is 0 Å². The fourth-order valence-corrected chi connectivity index (χ4v) is 0.552. The third-order valence-corrected chi connectivity index (χ3v) is 0.934. The van der Waals surface area contributed by atoms with Crippen LogP contribution in [0.15, 0.2) is 29.6 Å². The third kappa shape index (κ3) is 3.64. The van der Waals surface area contributed by atoms with E-state index < -0.39 is 0 Å². The Kier molecular flexibility index (Phi) is 4.69. The number of allylic oxidation sites excluding steroid dienone is 3. The SMILES string of the molecule is C=C/C=C(\CCC)N=O. The van der Waals surface area contributed by atoms with Crippen molar-refractivity contribution >= 4 is 0 Å². The highest BCUT2D eigenvalue weighted by Crippen LogP contribution is 2.04. The molecule has 0 rings (SSSR count). The normalized spacial score (nSPS) is 11.0. The molecule has 0 bridgehead atoms. The van der Waals surface area contributed by atoms with E-state index in [1.807, 2.05) is 6.92 Å². The molecule has 0 unspecified atom stereocenters. The molecule has 9 heavy (non-hydrogen) atoms. The molecular formula is C7H11NO. The van der Waals surface area contributed by atoms with Gasteiger partial charge in [-0.3, -0.25) is 0 Å². The van der Waals surface area contributed by atoms with Gasteiger partial charge in [0.2, 0.25) is 0 Å². The number of rotatable bonds is 4. The lowest BCUT2D eigenvalue weighted by molar-refractivity contribution is 0.891. The van der Waals surface area contributed by atoms with Gasteiger partial charge >= 0.3 is 0 Å². The molecule has 0 aliphatic carbocycles. The highest BCUT2D eigenvalue weighted by molar-refractivity contribution is 5.08. The summed E-state index contributed by atoms with van der Waals surface area (Å²) in [6, 6.07) is 0. The second kappa shape index (κ2) is 5.22. The van der Waals surface area contributed by atoms with Crippen LogP contribution in [0.5, 0.6) is 0 Å². The Labute approximate surface area is 55.2 Å². The first-order valence-corrected chi connectivity index (χ1v) is 3.00. The molecule has 2 nitrogen and oxygen atoms in total.